The summed E-state index contributed by atoms with van der Waals surface area (Å²) in [6.07, 6.45) is 88.7. The van der Waals surface area contributed by atoms with Crippen molar-refractivity contribution < 1.29 is 24.5 Å². The van der Waals surface area contributed by atoms with Crippen LogP contribution in [-0.2, 0) is 14.3 Å². The molecule has 6 nitrogen and oxygen atoms in total. The van der Waals surface area contributed by atoms with Gasteiger partial charge in [-0.2, -0.15) is 0 Å². The van der Waals surface area contributed by atoms with Crippen molar-refractivity contribution in [2.45, 2.75) is 373 Å². The number of ether oxygens (including phenoxy) is 1. The summed E-state index contributed by atoms with van der Waals surface area (Å²) in [5.74, 6) is -0.114. The highest BCUT2D eigenvalue weighted by Gasteiger charge is 2.18. The average molecular weight is 1090 g/mol. The molecule has 0 fully saturated rings. The Labute approximate surface area is 486 Å². The summed E-state index contributed by atoms with van der Waals surface area (Å²) in [5, 5.41) is 23.2. The third-order valence-corrected chi connectivity index (χ3v) is 15.8. The van der Waals surface area contributed by atoms with Crippen molar-refractivity contribution >= 4 is 11.9 Å². The first-order valence-corrected chi connectivity index (χ1v) is 34.6. The molecule has 0 rings (SSSR count). The van der Waals surface area contributed by atoms with E-state index in [9.17, 15) is 19.8 Å². The number of hydrogen-bond donors (Lipinski definition) is 3. The number of nitrogens with one attached hydrogen (secondary N) is 1. The fraction of sp³-hybridized carbons (Fsp3) is 0.833. The number of allylic oxidation sites excluding steroid dienone is 8. The summed E-state index contributed by atoms with van der Waals surface area (Å²) in [6.45, 7) is 4.80. The molecule has 0 aromatic heterocycles. The van der Waals surface area contributed by atoms with Gasteiger partial charge in [0.2, 0.25) is 5.91 Å². The SMILES string of the molecule is CCCCCC/C=C\C/C=C\CCCCCCCCCC(=O)OCC/C=C\C/C=C\CCCCCCCCCCCCCCCCC(=O)NC(CO)C(O)/C=C/CCCCCCCCCCCCCCCCCCCCCC. The maximum atomic E-state index is 12.5. The Morgan fingerprint density at radius 3 is 0.987 bits per heavy atom. The van der Waals surface area contributed by atoms with E-state index in [1.165, 1.54) is 276 Å². The molecule has 456 valence electrons. The monoisotopic (exact) mass is 1090 g/mol. The van der Waals surface area contributed by atoms with Gasteiger partial charge in [-0.05, 0) is 83.5 Å². The summed E-state index contributed by atoms with van der Waals surface area (Å²) in [5.41, 5.74) is 0. The second-order valence-corrected chi connectivity index (χ2v) is 23.5. The Balaban J connectivity index is 3.48. The number of amides is 1. The van der Waals surface area contributed by atoms with E-state index in [-0.39, 0.29) is 18.5 Å². The fourth-order valence-electron chi connectivity index (χ4n) is 10.5. The minimum absolute atomic E-state index is 0.0431. The second kappa shape index (κ2) is 67.1. The van der Waals surface area contributed by atoms with Crippen LogP contribution in [0.2, 0.25) is 0 Å². The predicted octanol–water partition coefficient (Wildman–Crippen LogP) is 22.3. The zero-order chi connectivity index (χ0) is 56.4. The first-order chi connectivity index (χ1) is 38.5. The van der Waals surface area contributed by atoms with Gasteiger partial charge in [0, 0.05) is 12.8 Å². The van der Waals surface area contributed by atoms with E-state index in [4.69, 9.17) is 4.74 Å². The number of rotatable bonds is 64. The van der Waals surface area contributed by atoms with Gasteiger partial charge in [-0.15, -0.1) is 0 Å². The molecule has 0 aliphatic rings. The van der Waals surface area contributed by atoms with E-state index in [0.29, 0.717) is 19.4 Å². The largest absolute Gasteiger partial charge is 0.465 e. The van der Waals surface area contributed by atoms with Crippen LogP contribution in [0, 0.1) is 0 Å². The van der Waals surface area contributed by atoms with Gasteiger partial charge in [-0.25, -0.2) is 0 Å². The Morgan fingerprint density at radius 2 is 0.641 bits per heavy atom. The summed E-state index contributed by atoms with van der Waals surface area (Å²) in [7, 11) is 0. The lowest BCUT2D eigenvalue weighted by molar-refractivity contribution is -0.143. The summed E-state index contributed by atoms with van der Waals surface area (Å²) in [4.78, 5) is 24.6. The molecule has 1 amide bonds. The van der Waals surface area contributed by atoms with Crippen LogP contribution in [0.1, 0.15) is 361 Å². The third-order valence-electron chi connectivity index (χ3n) is 15.8. The number of aliphatic hydroxyl groups excluding tert-OH is 2. The zero-order valence-corrected chi connectivity index (χ0v) is 52.1. The lowest BCUT2D eigenvalue weighted by Gasteiger charge is -2.20. The van der Waals surface area contributed by atoms with Crippen molar-refractivity contribution in [3.8, 4) is 0 Å². The molecule has 0 saturated carbocycles. The van der Waals surface area contributed by atoms with Crippen molar-refractivity contribution in [3.05, 3.63) is 60.8 Å². The molecule has 6 heteroatoms. The van der Waals surface area contributed by atoms with Gasteiger partial charge in [0.1, 0.15) is 0 Å². The molecule has 0 aromatic carbocycles. The maximum absolute atomic E-state index is 12.5. The van der Waals surface area contributed by atoms with Crippen molar-refractivity contribution in [1.29, 1.82) is 0 Å². The van der Waals surface area contributed by atoms with Crippen molar-refractivity contribution in [2.24, 2.45) is 0 Å². The van der Waals surface area contributed by atoms with Crippen LogP contribution >= 0.6 is 0 Å². The molecule has 0 radical (unpaired) electrons. The van der Waals surface area contributed by atoms with E-state index in [0.717, 1.165) is 57.8 Å². The third kappa shape index (κ3) is 62.8. The Morgan fingerprint density at radius 1 is 0.359 bits per heavy atom. The van der Waals surface area contributed by atoms with Gasteiger partial charge < -0.3 is 20.3 Å². The van der Waals surface area contributed by atoms with Crippen molar-refractivity contribution in [3.63, 3.8) is 0 Å². The van der Waals surface area contributed by atoms with Crippen LogP contribution in [-0.4, -0.2) is 47.4 Å². The van der Waals surface area contributed by atoms with Gasteiger partial charge in [-0.1, -0.05) is 325 Å². The smallest absolute Gasteiger partial charge is 0.305 e. The van der Waals surface area contributed by atoms with E-state index in [1.54, 1.807) is 6.08 Å². The number of aliphatic hydroxyl groups is 2. The van der Waals surface area contributed by atoms with E-state index in [2.05, 4.69) is 67.8 Å². The normalized spacial score (nSPS) is 12.9. The minimum atomic E-state index is -0.851. The molecule has 0 spiro atoms. The molecule has 78 heavy (non-hydrogen) atoms. The highest BCUT2D eigenvalue weighted by Crippen LogP contribution is 2.18. The summed E-state index contributed by atoms with van der Waals surface area (Å²) in [6, 6.07) is -0.635. The first-order valence-electron chi connectivity index (χ1n) is 34.6. The maximum Gasteiger partial charge on any atom is 0.305 e. The van der Waals surface area contributed by atoms with Gasteiger partial charge in [0.05, 0.1) is 25.4 Å². The molecular formula is C72H133NO5. The second-order valence-electron chi connectivity index (χ2n) is 23.5. The van der Waals surface area contributed by atoms with Crippen LogP contribution in [0.25, 0.3) is 0 Å². The number of carbonyl (C=O) groups is 2. The van der Waals surface area contributed by atoms with Crippen LogP contribution < -0.4 is 5.32 Å². The molecular weight excluding hydrogens is 959 g/mol. The van der Waals surface area contributed by atoms with Crippen LogP contribution in [0.4, 0.5) is 0 Å². The summed E-state index contributed by atoms with van der Waals surface area (Å²) >= 11 is 0. The molecule has 0 heterocycles. The lowest BCUT2D eigenvalue weighted by atomic mass is 10.0. The molecule has 3 N–H and O–H groups in total. The molecule has 0 aromatic rings. The van der Waals surface area contributed by atoms with Crippen LogP contribution in [0.15, 0.2) is 60.8 Å². The topological polar surface area (TPSA) is 95.9 Å². The standard InChI is InChI=1S/C72H133NO5/c1-3-5-7-9-11-13-15-17-19-21-23-24-26-29-32-36-40-44-48-52-56-60-64-70(75)69(68-74)73-71(76)65-61-57-53-49-45-41-37-33-30-27-25-28-31-35-39-43-47-51-55-59-63-67-78-72(77)66-62-58-54-50-46-42-38-34-22-20-18-16-14-12-10-8-6-4-2/h14,16,20,22,43,47,55,59-60,64,69-70,74-75H,3-13,15,17-19,21,23-42,44-46,48-54,56-58,61-63,65-68H2,1-2H3,(H,73,76)/b16-14-,22-20-,47-43-,59-55-,64-60+. The number of esters is 1. The van der Waals surface area contributed by atoms with E-state index >= 15 is 0 Å². The number of unbranched alkanes of at least 4 members (excludes halogenated alkanes) is 45. The van der Waals surface area contributed by atoms with E-state index in [1.807, 2.05) is 6.08 Å². The van der Waals surface area contributed by atoms with Gasteiger partial charge in [0.15, 0.2) is 0 Å². The van der Waals surface area contributed by atoms with Gasteiger partial charge in [0.25, 0.3) is 0 Å². The van der Waals surface area contributed by atoms with Gasteiger partial charge >= 0.3 is 5.97 Å². The predicted molar refractivity (Wildman–Crippen MR) is 342 cm³/mol. The van der Waals surface area contributed by atoms with Crippen LogP contribution in [0.5, 0.6) is 0 Å². The van der Waals surface area contributed by atoms with Crippen molar-refractivity contribution in [2.75, 3.05) is 13.2 Å². The molecule has 0 aliphatic carbocycles. The average Bonchev–Trinajstić information content (AvgIpc) is 3.44. The highest BCUT2D eigenvalue weighted by atomic mass is 16.5. The molecule has 2 atom stereocenters. The van der Waals surface area contributed by atoms with Gasteiger partial charge in [-0.3, -0.25) is 9.59 Å². The molecule has 0 saturated heterocycles. The quantitative estimate of drug-likeness (QED) is 0.0320. The highest BCUT2D eigenvalue weighted by molar-refractivity contribution is 5.76. The summed E-state index contributed by atoms with van der Waals surface area (Å²) < 4.78 is 5.43. The fourth-order valence-corrected chi connectivity index (χ4v) is 10.5. The molecule has 0 aliphatic heterocycles. The number of carbonyl (C=O) groups excluding carboxylic acids is 2. The first kappa shape index (κ1) is 75.6. The van der Waals surface area contributed by atoms with E-state index < -0.39 is 12.1 Å². The lowest BCUT2D eigenvalue weighted by Crippen LogP contribution is -2.45. The Kier molecular flexibility index (Phi) is 65.0. The Bertz CT molecular complexity index is 1350. The minimum Gasteiger partial charge on any atom is -0.465 e. The Hall–Kier alpha value is -2.44. The molecule has 0 bridgehead atoms. The number of hydrogen-bond acceptors (Lipinski definition) is 5. The molecule has 2 unspecified atom stereocenters. The van der Waals surface area contributed by atoms with Crippen LogP contribution in [0.3, 0.4) is 0 Å². The zero-order valence-electron chi connectivity index (χ0n) is 52.1. The van der Waals surface area contributed by atoms with Crippen molar-refractivity contribution in [1.82, 2.24) is 5.32 Å².